The molecule has 1 heterocycles. The minimum absolute atomic E-state index is 0.206. The minimum Gasteiger partial charge on any atom is -0.466 e. The molecular weight excluding hydrogens is 326 g/mol. The van der Waals surface area contributed by atoms with Gasteiger partial charge in [0.05, 0.1) is 23.0 Å². The van der Waals surface area contributed by atoms with Gasteiger partial charge in [0, 0.05) is 12.1 Å². The van der Waals surface area contributed by atoms with E-state index in [9.17, 15) is 4.79 Å². The van der Waals surface area contributed by atoms with Crippen LogP contribution in [0.2, 0.25) is 5.02 Å². The van der Waals surface area contributed by atoms with Crippen LogP contribution in [0.3, 0.4) is 0 Å². The van der Waals surface area contributed by atoms with Crippen molar-refractivity contribution in [3.8, 4) is 0 Å². The summed E-state index contributed by atoms with van der Waals surface area (Å²) in [5, 5.41) is 3.73. The first-order chi connectivity index (χ1) is 11.4. The molecule has 0 bridgehead atoms. The Bertz CT molecular complexity index is 747. The molecule has 0 saturated heterocycles. The molecule has 0 radical (unpaired) electrons. The van der Waals surface area contributed by atoms with Crippen LogP contribution in [0.1, 0.15) is 30.2 Å². The summed E-state index contributed by atoms with van der Waals surface area (Å²) in [5.74, 6) is 0.386. The van der Waals surface area contributed by atoms with Gasteiger partial charge >= 0.3 is 5.97 Å². The van der Waals surface area contributed by atoms with Crippen LogP contribution in [-0.4, -0.2) is 17.6 Å². The van der Waals surface area contributed by atoms with Crippen LogP contribution in [0.15, 0.2) is 24.3 Å². The molecule has 0 unspecified atom stereocenters. The molecule has 24 heavy (non-hydrogen) atoms. The number of carbonyl (C=O) groups is 1. The molecule has 3 N–H and O–H groups in total. The van der Waals surface area contributed by atoms with E-state index in [4.69, 9.17) is 22.1 Å². The first kappa shape index (κ1) is 18.1. The maximum atomic E-state index is 11.4. The van der Waals surface area contributed by atoms with Gasteiger partial charge in [-0.3, -0.25) is 4.79 Å². The molecule has 2 aromatic rings. The molecule has 6 heteroatoms. The van der Waals surface area contributed by atoms with E-state index < -0.39 is 0 Å². The summed E-state index contributed by atoms with van der Waals surface area (Å²) in [4.78, 5) is 15.8. The molecule has 2 rings (SSSR count). The van der Waals surface area contributed by atoms with Crippen LogP contribution in [0.4, 0.5) is 17.2 Å². The molecule has 0 aliphatic heterocycles. The number of esters is 1. The van der Waals surface area contributed by atoms with E-state index in [1.807, 2.05) is 38.1 Å². The fourth-order valence-corrected chi connectivity index (χ4v) is 2.61. The molecular formula is C18H22ClN3O2. The SMILES string of the molecule is CCOC(=O)CCc1ccc(Nc2nc(C)cc(C)c2N)c(Cl)c1. The zero-order valence-electron chi connectivity index (χ0n) is 14.1. The van der Waals surface area contributed by atoms with Gasteiger partial charge in [-0.25, -0.2) is 4.98 Å². The highest BCUT2D eigenvalue weighted by Crippen LogP contribution is 2.30. The Hall–Kier alpha value is -2.27. The highest BCUT2D eigenvalue weighted by Gasteiger charge is 2.09. The third kappa shape index (κ3) is 4.61. The smallest absolute Gasteiger partial charge is 0.306 e. The molecule has 0 atom stereocenters. The van der Waals surface area contributed by atoms with Gasteiger partial charge in [-0.2, -0.15) is 0 Å². The maximum absolute atomic E-state index is 11.4. The molecule has 0 saturated carbocycles. The number of nitrogens with two attached hydrogens (primary N) is 1. The average molecular weight is 348 g/mol. The number of nitrogen functional groups attached to an aromatic ring is 1. The Morgan fingerprint density at radius 2 is 2.08 bits per heavy atom. The van der Waals surface area contributed by atoms with Gasteiger partial charge in [-0.1, -0.05) is 17.7 Å². The normalized spacial score (nSPS) is 10.5. The predicted molar refractivity (Wildman–Crippen MR) is 97.8 cm³/mol. The van der Waals surface area contributed by atoms with E-state index in [1.165, 1.54) is 0 Å². The third-order valence-electron chi connectivity index (χ3n) is 3.60. The topological polar surface area (TPSA) is 77.2 Å². The molecule has 0 aliphatic carbocycles. The van der Waals surface area contributed by atoms with E-state index >= 15 is 0 Å². The fourth-order valence-electron chi connectivity index (χ4n) is 2.36. The summed E-state index contributed by atoms with van der Waals surface area (Å²) < 4.78 is 4.93. The lowest BCUT2D eigenvalue weighted by Gasteiger charge is -2.13. The molecule has 0 aliphatic rings. The van der Waals surface area contributed by atoms with E-state index in [1.54, 1.807) is 6.92 Å². The van der Waals surface area contributed by atoms with Crippen molar-refractivity contribution < 1.29 is 9.53 Å². The number of hydrogen-bond acceptors (Lipinski definition) is 5. The van der Waals surface area contributed by atoms with Crippen molar-refractivity contribution in [3.05, 3.63) is 46.1 Å². The maximum Gasteiger partial charge on any atom is 0.306 e. The summed E-state index contributed by atoms with van der Waals surface area (Å²) >= 11 is 6.34. The van der Waals surface area contributed by atoms with Crippen LogP contribution in [0, 0.1) is 13.8 Å². The number of nitrogens with zero attached hydrogens (tertiary/aromatic N) is 1. The second-order valence-electron chi connectivity index (χ2n) is 5.59. The number of halogens is 1. The molecule has 0 amide bonds. The summed E-state index contributed by atoms with van der Waals surface area (Å²) in [6.07, 6.45) is 0.922. The zero-order valence-corrected chi connectivity index (χ0v) is 14.9. The van der Waals surface area contributed by atoms with Crippen LogP contribution in [-0.2, 0) is 16.0 Å². The number of aryl methyl sites for hydroxylation is 3. The number of aromatic nitrogens is 1. The Labute approximate surface area is 147 Å². The van der Waals surface area contributed by atoms with Crippen molar-refractivity contribution in [2.24, 2.45) is 0 Å². The lowest BCUT2D eigenvalue weighted by molar-refractivity contribution is -0.143. The van der Waals surface area contributed by atoms with Gasteiger partial charge < -0.3 is 15.8 Å². The van der Waals surface area contributed by atoms with E-state index in [-0.39, 0.29) is 5.97 Å². The number of hydrogen-bond donors (Lipinski definition) is 2. The van der Waals surface area contributed by atoms with Gasteiger partial charge in [-0.05, 0) is 56.5 Å². The standard InChI is InChI=1S/C18H22ClN3O2/c1-4-24-16(23)8-6-13-5-7-15(14(19)10-13)22-18-17(20)11(2)9-12(3)21-18/h5,7,9-10H,4,6,8,20H2,1-3H3,(H,21,22). The van der Waals surface area contributed by atoms with Crippen molar-refractivity contribution in [1.29, 1.82) is 0 Å². The molecule has 5 nitrogen and oxygen atoms in total. The summed E-state index contributed by atoms with van der Waals surface area (Å²) in [6.45, 7) is 6.04. The van der Waals surface area contributed by atoms with Crippen molar-refractivity contribution in [1.82, 2.24) is 4.98 Å². The monoisotopic (exact) mass is 347 g/mol. The number of rotatable bonds is 6. The lowest BCUT2D eigenvalue weighted by Crippen LogP contribution is -2.05. The fraction of sp³-hybridized carbons (Fsp3) is 0.333. The molecule has 128 valence electrons. The number of anilines is 3. The van der Waals surface area contributed by atoms with Gasteiger partial charge in [0.25, 0.3) is 0 Å². The average Bonchev–Trinajstić information content (AvgIpc) is 2.52. The van der Waals surface area contributed by atoms with Gasteiger partial charge in [0.15, 0.2) is 5.82 Å². The van der Waals surface area contributed by atoms with Crippen LogP contribution in [0.25, 0.3) is 0 Å². The zero-order chi connectivity index (χ0) is 17.7. The molecule has 1 aromatic carbocycles. The highest BCUT2D eigenvalue weighted by molar-refractivity contribution is 6.33. The number of carbonyl (C=O) groups excluding carboxylic acids is 1. The van der Waals surface area contributed by atoms with Crippen LogP contribution < -0.4 is 11.1 Å². The van der Waals surface area contributed by atoms with E-state index in [0.717, 1.165) is 22.5 Å². The van der Waals surface area contributed by atoms with Crippen molar-refractivity contribution in [2.45, 2.75) is 33.6 Å². The summed E-state index contributed by atoms with van der Waals surface area (Å²) in [6, 6.07) is 7.55. The Balaban J connectivity index is 2.12. The van der Waals surface area contributed by atoms with E-state index in [0.29, 0.717) is 36.0 Å². The number of pyridine rings is 1. The van der Waals surface area contributed by atoms with Crippen molar-refractivity contribution in [3.63, 3.8) is 0 Å². The molecule has 0 spiro atoms. The van der Waals surface area contributed by atoms with Crippen LogP contribution in [0.5, 0.6) is 0 Å². The number of ether oxygens (including phenoxy) is 1. The van der Waals surface area contributed by atoms with Crippen molar-refractivity contribution >= 4 is 34.8 Å². The molecule has 1 aromatic heterocycles. The second-order valence-corrected chi connectivity index (χ2v) is 5.99. The minimum atomic E-state index is -0.206. The number of nitrogens with one attached hydrogen (secondary N) is 1. The van der Waals surface area contributed by atoms with Gasteiger partial charge in [0.2, 0.25) is 0 Å². The van der Waals surface area contributed by atoms with E-state index in [2.05, 4.69) is 10.3 Å². The molecule has 0 fully saturated rings. The van der Waals surface area contributed by atoms with Gasteiger partial charge in [0.1, 0.15) is 0 Å². The Morgan fingerprint density at radius 3 is 2.75 bits per heavy atom. The van der Waals surface area contributed by atoms with Gasteiger partial charge in [-0.15, -0.1) is 0 Å². The Kier molecular flexibility index (Phi) is 6.04. The lowest BCUT2D eigenvalue weighted by atomic mass is 10.1. The third-order valence-corrected chi connectivity index (χ3v) is 3.92. The first-order valence-corrected chi connectivity index (χ1v) is 8.23. The second kappa shape index (κ2) is 8.02. The van der Waals surface area contributed by atoms with Crippen molar-refractivity contribution in [2.75, 3.05) is 17.7 Å². The first-order valence-electron chi connectivity index (χ1n) is 7.85. The largest absolute Gasteiger partial charge is 0.466 e. The highest BCUT2D eigenvalue weighted by atomic mass is 35.5. The summed E-state index contributed by atoms with van der Waals surface area (Å²) in [7, 11) is 0. The summed E-state index contributed by atoms with van der Waals surface area (Å²) in [5.41, 5.74) is 10.2. The predicted octanol–water partition coefficient (Wildman–Crippen LogP) is 4.17. The quantitative estimate of drug-likeness (QED) is 0.767. The number of benzene rings is 1. The van der Waals surface area contributed by atoms with Crippen LogP contribution >= 0.6 is 11.6 Å². The Morgan fingerprint density at radius 1 is 1.33 bits per heavy atom.